The highest BCUT2D eigenvalue weighted by Gasteiger charge is 2.20. The standard InChI is InChI=1S/C20H20N2OS2/c23-20(22-13-6-14-24-18-10-4-2-8-16(18)22)12-5-11-19-21-15-7-1-3-9-17(15)25-19/h1-4,7-10H,5-6,11-14H2. The van der Waals surface area contributed by atoms with Gasteiger partial charge in [0.2, 0.25) is 5.91 Å². The van der Waals surface area contributed by atoms with Crippen molar-refractivity contribution in [2.24, 2.45) is 0 Å². The molecule has 5 heteroatoms. The molecule has 0 saturated heterocycles. The molecule has 4 rings (SSSR count). The van der Waals surface area contributed by atoms with E-state index in [1.165, 1.54) is 9.60 Å². The monoisotopic (exact) mass is 368 g/mol. The van der Waals surface area contributed by atoms with Crippen molar-refractivity contribution in [2.75, 3.05) is 17.2 Å². The Bertz CT molecular complexity index is 857. The summed E-state index contributed by atoms with van der Waals surface area (Å²) in [6.45, 7) is 0.823. The van der Waals surface area contributed by atoms with Gasteiger partial charge in [-0.1, -0.05) is 24.3 Å². The fourth-order valence-corrected chi connectivity index (χ4v) is 5.14. The Morgan fingerprint density at radius 3 is 2.88 bits per heavy atom. The number of carbonyl (C=O) groups excluding carboxylic acids is 1. The maximum absolute atomic E-state index is 12.8. The van der Waals surface area contributed by atoms with E-state index in [-0.39, 0.29) is 5.91 Å². The fourth-order valence-electron chi connectivity index (χ4n) is 3.14. The van der Waals surface area contributed by atoms with E-state index in [2.05, 4.69) is 23.2 Å². The molecule has 0 fully saturated rings. The van der Waals surface area contributed by atoms with Crippen LogP contribution in [0.1, 0.15) is 24.3 Å². The largest absolute Gasteiger partial charge is 0.311 e. The van der Waals surface area contributed by atoms with Crippen LogP contribution in [0, 0.1) is 0 Å². The molecule has 3 aromatic rings. The number of hydrogen-bond donors (Lipinski definition) is 0. The number of benzene rings is 2. The first-order chi connectivity index (χ1) is 12.3. The quantitative estimate of drug-likeness (QED) is 0.639. The first-order valence-corrected chi connectivity index (χ1v) is 10.5. The average molecular weight is 369 g/mol. The lowest BCUT2D eigenvalue weighted by Crippen LogP contribution is -2.31. The van der Waals surface area contributed by atoms with E-state index in [1.54, 1.807) is 11.3 Å². The van der Waals surface area contributed by atoms with Crippen LogP contribution in [0.25, 0.3) is 10.2 Å². The molecule has 0 unspecified atom stereocenters. The van der Waals surface area contributed by atoms with Crippen LogP contribution in [-0.2, 0) is 11.2 Å². The molecule has 0 bridgehead atoms. The van der Waals surface area contributed by atoms with Crippen molar-refractivity contribution in [3.63, 3.8) is 0 Å². The van der Waals surface area contributed by atoms with E-state index in [4.69, 9.17) is 0 Å². The summed E-state index contributed by atoms with van der Waals surface area (Å²) in [5.41, 5.74) is 2.14. The first-order valence-electron chi connectivity index (χ1n) is 8.68. The van der Waals surface area contributed by atoms with Gasteiger partial charge >= 0.3 is 0 Å². The van der Waals surface area contributed by atoms with E-state index in [0.29, 0.717) is 6.42 Å². The first kappa shape index (κ1) is 16.6. The number of fused-ring (bicyclic) bond motifs is 2. The molecule has 1 aliphatic rings. The second-order valence-electron chi connectivity index (χ2n) is 6.14. The van der Waals surface area contributed by atoms with Crippen LogP contribution in [0.15, 0.2) is 53.4 Å². The van der Waals surface area contributed by atoms with Crippen molar-refractivity contribution in [3.8, 4) is 0 Å². The smallest absolute Gasteiger partial charge is 0.227 e. The number of hydrogen-bond acceptors (Lipinski definition) is 4. The molecular weight excluding hydrogens is 348 g/mol. The number of amides is 1. The van der Waals surface area contributed by atoms with Crippen molar-refractivity contribution in [1.82, 2.24) is 4.98 Å². The van der Waals surface area contributed by atoms with Gasteiger partial charge in [0.25, 0.3) is 0 Å². The predicted molar refractivity (Wildman–Crippen MR) is 107 cm³/mol. The predicted octanol–water partition coefficient (Wildman–Crippen LogP) is 5.15. The molecule has 2 aromatic carbocycles. The second kappa shape index (κ2) is 7.58. The molecule has 1 amide bonds. The molecule has 1 aromatic heterocycles. The topological polar surface area (TPSA) is 33.2 Å². The summed E-state index contributed by atoms with van der Waals surface area (Å²) in [6, 6.07) is 16.5. The van der Waals surface area contributed by atoms with E-state index < -0.39 is 0 Å². The number of thioether (sulfide) groups is 1. The Hall–Kier alpha value is -1.85. The zero-order valence-corrected chi connectivity index (χ0v) is 15.6. The summed E-state index contributed by atoms with van der Waals surface area (Å²) in [4.78, 5) is 20.6. The van der Waals surface area contributed by atoms with E-state index in [0.717, 1.165) is 47.8 Å². The number of aryl methyl sites for hydroxylation is 1. The molecule has 0 N–H and O–H groups in total. The van der Waals surface area contributed by atoms with Crippen LogP contribution < -0.4 is 4.90 Å². The van der Waals surface area contributed by atoms with Gasteiger partial charge in [0.15, 0.2) is 0 Å². The molecule has 3 nitrogen and oxygen atoms in total. The van der Waals surface area contributed by atoms with Crippen LogP contribution in [0.4, 0.5) is 5.69 Å². The van der Waals surface area contributed by atoms with Gasteiger partial charge < -0.3 is 4.90 Å². The lowest BCUT2D eigenvalue weighted by atomic mass is 10.2. The van der Waals surface area contributed by atoms with Crippen LogP contribution in [-0.4, -0.2) is 23.2 Å². The molecule has 25 heavy (non-hydrogen) atoms. The number of rotatable bonds is 4. The van der Waals surface area contributed by atoms with Crippen molar-refractivity contribution >= 4 is 44.9 Å². The summed E-state index contributed by atoms with van der Waals surface area (Å²) >= 11 is 3.59. The molecule has 0 atom stereocenters. The van der Waals surface area contributed by atoms with Gasteiger partial charge in [-0.05, 0) is 49.3 Å². The van der Waals surface area contributed by atoms with Gasteiger partial charge in [-0.3, -0.25) is 4.79 Å². The highest BCUT2D eigenvalue weighted by atomic mass is 32.2. The minimum absolute atomic E-state index is 0.232. The van der Waals surface area contributed by atoms with Crippen LogP contribution in [0.3, 0.4) is 0 Å². The second-order valence-corrected chi connectivity index (χ2v) is 8.40. The van der Waals surface area contributed by atoms with Crippen LogP contribution >= 0.6 is 23.1 Å². The number of anilines is 1. The third-order valence-corrected chi connectivity index (χ3v) is 6.61. The minimum Gasteiger partial charge on any atom is -0.311 e. The normalized spacial score (nSPS) is 14.3. The van der Waals surface area contributed by atoms with Crippen molar-refractivity contribution < 1.29 is 4.79 Å². The van der Waals surface area contributed by atoms with Crippen molar-refractivity contribution in [2.45, 2.75) is 30.6 Å². The highest BCUT2D eigenvalue weighted by molar-refractivity contribution is 7.99. The van der Waals surface area contributed by atoms with Gasteiger partial charge in [0.05, 0.1) is 20.9 Å². The molecular formula is C20H20N2OS2. The van der Waals surface area contributed by atoms with Crippen LogP contribution in [0.2, 0.25) is 0 Å². The summed E-state index contributed by atoms with van der Waals surface area (Å²) in [5, 5.41) is 1.13. The molecule has 128 valence electrons. The zero-order valence-electron chi connectivity index (χ0n) is 14.0. The number of carbonyl (C=O) groups is 1. The van der Waals surface area contributed by atoms with Gasteiger partial charge in [-0.25, -0.2) is 4.98 Å². The fraction of sp³-hybridized carbons (Fsp3) is 0.300. The van der Waals surface area contributed by atoms with Crippen molar-refractivity contribution in [1.29, 1.82) is 0 Å². The zero-order chi connectivity index (χ0) is 17.1. The lowest BCUT2D eigenvalue weighted by molar-refractivity contribution is -0.118. The maximum atomic E-state index is 12.8. The van der Waals surface area contributed by atoms with Gasteiger partial charge in [0.1, 0.15) is 0 Å². The van der Waals surface area contributed by atoms with Gasteiger partial charge in [-0.15, -0.1) is 23.1 Å². The van der Waals surface area contributed by atoms with Crippen molar-refractivity contribution in [3.05, 3.63) is 53.5 Å². The van der Waals surface area contributed by atoms with Gasteiger partial charge in [-0.2, -0.15) is 0 Å². The SMILES string of the molecule is O=C(CCCc1nc2ccccc2s1)N1CCCSc2ccccc21. The maximum Gasteiger partial charge on any atom is 0.227 e. The number of nitrogens with zero attached hydrogens (tertiary/aromatic N) is 2. The summed E-state index contributed by atoms with van der Waals surface area (Å²) in [5.74, 6) is 1.31. The number of aromatic nitrogens is 1. The molecule has 0 radical (unpaired) electrons. The average Bonchev–Trinajstić information content (AvgIpc) is 2.92. The Labute approximate surface area is 156 Å². The molecule has 0 spiro atoms. The van der Waals surface area contributed by atoms with E-state index in [1.807, 2.05) is 47.0 Å². The number of thiazole rings is 1. The Balaban J connectivity index is 1.40. The summed E-state index contributed by atoms with van der Waals surface area (Å²) in [6.07, 6.45) is 3.34. The summed E-state index contributed by atoms with van der Waals surface area (Å²) < 4.78 is 1.22. The lowest BCUT2D eigenvalue weighted by Gasteiger charge is -2.22. The molecule has 0 aliphatic carbocycles. The summed E-state index contributed by atoms with van der Waals surface area (Å²) in [7, 11) is 0. The molecule has 2 heterocycles. The highest BCUT2D eigenvalue weighted by Crippen LogP contribution is 2.34. The minimum atomic E-state index is 0.232. The van der Waals surface area contributed by atoms with Gasteiger partial charge in [0, 0.05) is 17.9 Å². The number of para-hydroxylation sites is 2. The van der Waals surface area contributed by atoms with E-state index in [9.17, 15) is 4.79 Å². The Kier molecular flexibility index (Phi) is 5.04. The Morgan fingerprint density at radius 2 is 1.96 bits per heavy atom. The van der Waals surface area contributed by atoms with E-state index >= 15 is 0 Å². The third kappa shape index (κ3) is 3.72. The Morgan fingerprint density at radius 1 is 1.12 bits per heavy atom. The van der Waals surface area contributed by atoms with Crippen LogP contribution in [0.5, 0.6) is 0 Å². The molecule has 1 aliphatic heterocycles. The third-order valence-electron chi connectivity index (χ3n) is 4.36. The molecule has 0 saturated carbocycles.